The second kappa shape index (κ2) is 9.33. The van der Waals surface area contributed by atoms with E-state index in [1.165, 1.54) is 17.9 Å². The fourth-order valence-corrected chi connectivity index (χ4v) is 3.96. The Labute approximate surface area is 200 Å². The Morgan fingerprint density at radius 3 is 2.77 bits per heavy atom. The van der Waals surface area contributed by atoms with Crippen LogP contribution in [-0.4, -0.2) is 71.0 Å². The number of carbonyl (C=O) groups excluding carboxylic acids is 1. The summed E-state index contributed by atoms with van der Waals surface area (Å²) in [7, 11) is 1.43. The minimum Gasteiger partial charge on any atom is -0.387 e. The first-order chi connectivity index (χ1) is 17.0. The molecule has 0 spiro atoms. The molecule has 5 heterocycles. The van der Waals surface area contributed by atoms with Crippen molar-refractivity contribution in [3.05, 3.63) is 60.4 Å². The maximum absolute atomic E-state index is 12.1. The van der Waals surface area contributed by atoms with Crippen LogP contribution >= 0.6 is 0 Å². The van der Waals surface area contributed by atoms with Crippen molar-refractivity contribution >= 4 is 22.9 Å². The molecule has 0 radical (unpaired) electrons. The van der Waals surface area contributed by atoms with Crippen LogP contribution in [0.25, 0.3) is 22.6 Å². The summed E-state index contributed by atoms with van der Waals surface area (Å²) in [5.41, 5.74) is 3.22. The summed E-state index contributed by atoms with van der Waals surface area (Å²) < 4.78 is 7.23. The van der Waals surface area contributed by atoms with E-state index in [1.54, 1.807) is 18.6 Å². The molecule has 35 heavy (non-hydrogen) atoms. The minimum atomic E-state index is -1.42. The maximum atomic E-state index is 12.1. The SMILES string of the molecule is CNC(=O)[C@H]1O[C@@H](n2cnc3c(NCc4ccccn4)nc(-c4cncc(C)c4)nc32)[C@H](O)[C@@H]1O. The number of hydrogen-bond donors (Lipinski definition) is 4. The van der Waals surface area contributed by atoms with Crippen LogP contribution < -0.4 is 10.6 Å². The zero-order valence-corrected chi connectivity index (χ0v) is 19.0. The molecule has 4 N–H and O–H groups in total. The van der Waals surface area contributed by atoms with Crippen molar-refractivity contribution in [2.45, 2.75) is 38.0 Å². The van der Waals surface area contributed by atoms with Gasteiger partial charge < -0.3 is 25.6 Å². The van der Waals surface area contributed by atoms with Crippen molar-refractivity contribution in [3.8, 4) is 11.4 Å². The van der Waals surface area contributed by atoms with Gasteiger partial charge in [-0.25, -0.2) is 15.0 Å². The number of anilines is 1. The summed E-state index contributed by atoms with van der Waals surface area (Å²) >= 11 is 0. The number of fused-ring (bicyclic) bond motifs is 1. The van der Waals surface area contributed by atoms with Gasteiger partial charge in [0, 0.05) is 31.2 Å². The molecule has 5 rings (SSSR count). The highest BCUT2D eigenvalue weighted by Gasteiger charge is 2.47. The summed E-state index contributed by atoms with van der Waals surface area (Å²) in [5, 5.41) is 26.8. The number of pyridine rings is 2. The maximum Gasteiger partial charge on any atom is 0.251 e. The fraction of sp³-hybridized carbons (Fsp3) is 0.304. The first-order valence-corrected chi connectivity index (χ1v) is 11.0. The van der Waals surface area contributed by atoms with Gasteiger partial charge in [-0.05, 0) is 30.7 Å². The molecule has 0 bridgehead atoms. The average Bonchev–Trinajstić information content (AvgIpc) is 3.43. The molecule has 12 heteroatoms. The number of likely N-dealkylation sites (N-methyl/N-ethyl adjacent to an activating group) is 1. The number of hydrogen-bond acceptors (Lipinski definition) is 10. The molecular weight excluding hydrogens is 452 g/mol. The quantitative estimate of drug-likeness (QED) is 0.310. The number of nitrogens with one attached hydrogen (secondary N) is 2. The molecule has 0 saturated carbocycles. The van der Waals surface area contributed by atoms with E-state index < -0.39 is 30.4 Å². The van der Waals surface area contributed by atoms with Crippen LogP contribution in [0, 0.1) is 6.92 Å². The largest absolute Gasteiger partial charge is 0.387 e. The van der Waals surface area contributed by atoms with E-state index in [2.05, 4.69) is 35.6 Å². The molecule has 1 fully saturated rings. The predicted octanol–water partition coefficient (Wildman–Crippen LogP) is 0.569. The molecular formula is C23H24N8O4. The summed E-state index contributed by atoms with van der Waals surface area (Å²) in [6.07, 6.45) is 1.43. The molecule has 0 aromatic carbocycles. The van der Waals surface area contributed by atoms with Crippen molar-refractivity contribution in [2.75, 3.05) is 12.4 Å². The lowest BCUT2D eigenvalue weighted by atomic mass is 10.1. The lowest BCUT2D eigenvalue weighted by molar-refractivity contribution is -0.137. The smallest absolute Gasteiger partial charge is 0.251 e. The molecule has 0 unspecified atom stereocenters. The number of aliphatic hydroxyl groups is 2. The van der Waals surface area contributed by atoms with Gasteiger partial charge in [-0.1, -0.05) is 6.07 Å². The Morgan fingerprint density at radius 1 is 1.17 bits per heavy atom. The van der Waals surface area contributed by atoms with Gasteiger partial charge in [0.25, 0.3) is 5.91 Å². The number of carbonyl (C=O) groups is 1. The molecule has 1 saturated heterocycles. The Kier molecular flexibility index (Phi) is 6.07. The molecule has 1 amide bonds. The number of amides is 1. The van der Waals surface area contributed by atoms with Gasteiger partial charge in [0.1, 0.15) is 12.2 Å². The first-order valence-electron chi connectivity index (χ1n) is 11.0. The Hall–Kier alpha value is -4.00. The number of rotatable bonds is 6. The van der Waals surface area contributed by atoms with Gasteiger partial charge in [-0.15, -0.1) is 0 Å². The van der Waals surface area contributed by atoms with Crippen LogP contribution in [0.4, 0.5) is 5.82 Å². The Balaban J connectivity index is 1.58. The van der Waals surface area contributed by atoms with E-state index >= 15 is 0 Å². The number of ether oxygens (including phenoxy) is 1. The van der Waals surface area contributed by atoms with Gasteiger partial charge in [0.15, 0.2) is 35.1 Å². The zero-order chi connectivity index (χ0) is 24.5. The minimum absolute atomic E-state index is 0.355. The number of nitrogens with zero attached hydrogens (tertiary/aromatic N) is 6. The highest BCUT2D eigenvalue weighted by Crippen LogP contribution is 2.33. The molecule has 4 atom stereocenters. The Morgan fingerprint density at radius 2 is 2.03 bits per heavy atom. The molecule has 4 aromatic heterocycles. The van der Waals surface area contributed by atoms with Gasteiger partial charge in [0.2, 0.25) is 0 Å². The molecule has 180 valence electrons. The standard InChI is InChI=1S/C23H24N8O4/c1-12-7-13(9-25-8-12)19-29-20(27-10-14-5-3-4-6-26-14)15-21(30-19)31(11-28-15)23-17(33)16(32)18(35-23)22(34)24-2/h3-9,11,16-18,23,32-33H,10H2,1-2H3,(H,24,34)(H,27,29,30)/t16-,17+,18-,23+/m0/s1. The van der Waals surface area contributed by atoms with Crippen LogP contribution in [0.2, 0.25) is 0 Å². The molecule has 1 aliphatic rings. The van der Waals surface area contributed by atoms with Gasteiger partial charge >= 0.3 is 0 Å². The summed E-state index contributed by atoms with van der Waals surface area (Å²) in [4.78, 5) is 34.5. The topological polar surface area (TPSA) is 160 Å². The Bertz CT molecular complexity index is 1360. The van der Waals surface area contributed by atoms with Crippen molar-refractivity contribution in [1.29, 1.82) is 0 Å². The van der Waals surface area contributed by atoms with Crippen LogP contribution in [-0.2, 0) is 16.1 Å². The molecule has 0 aliphatic carbocycles. The first kappa shape index (κ1) is 22.8. The van der Waals surface area contributed by atoms with Crippen molar-refractivity contribution in [3.63, 3.8) is 0 Å². The normalized spacial score (nSPS) is 21.8. The lowest BCUT2D eigenvalue weighted by Crippen LogP contribution is -2.41. The molecule has 4 aromatic rings. The van der Waals surface area contributed by atoms with Gasteiger partial charge in [-0.3, -0.25) is 19.3 Å². The van der Waals surface area contributed by atoms with E-state index in [0.29, 0.717) is 34.9 Å². The zero-order valence-electron chi connectivity index (χ0n) is 19.0. The molecule has 1 aliphatic heterocycles. The third-order valence-corrected chi connectivity index (χ3v) is 5.73. The predicted molar refractivity (Wildman–Crippen MR) is 125 cm³/mol. The van der Waals surface area contributed by atoms with Crippen LogP contribution in [0.1, 0.15) is 17.5 Å². The third-order valence-electron chi connectivity index (χ3n) is 5.73. The number of imidazole rings is 1. The van der Waals surface area contributed by atoms with Gasteiger partial charge in [0.05, 0.1) is 18.6 Å². The second-order valence-electron chi connectivity index (χ2n) is 8.19. The second-order valence-corrected chi connectivity index (χ2v) is 8.19. The van der Waals surface area contributed by atoms with E-state index in [9.17, 15) is 15.0 Å². The summed E-state index contributed by atoms with van der Waals surface area (Å²) in [6.45, 7) is 2.31. The van der Waals surface area contributed by atoms with E-state index in [-0.39, 0.29) is 0 Å². The van der Waals surface area contributed by atoms with Crippen LogP contribution in [0.3, 0.4) is 0 Å². The monoisotopic (exact) mass is 476 g/mol. The lowest BCUT2D eigenvalue weighted by Gasteiger charge is -2.17. The van der Waals surface area contributed by atoms with E-state index in [0.717, 1.165) is 11.3 Å². The number of aliphatic hydroxyl groups excluding tert-OH is 2. The van der Waals surface area contributed by atoms with Crippen molar-refractivity contribution in [2.24, 2.45) is 0 Å². The number of aryl methyl sites for hydroxylation is 1. The average molecular weight is 476 g/mol. The summed E-state index contributed by atoms with van der Waals surface area (Å²) in [5.74, 6) is 0.295. The van der Waals surface area contributed by atoms with E-state index in [1.807, 2.05) is 31.2 Å². The third kappa shape index (κ3) is 4.30. The summed E-state index contributed by atoms with van der Waals surface area (Å²) in [6, 6.07) is 7.53. The highest BCUT2D eigenvalue weighted by molar-refractivity contribution is 5.85. The molecule has 12 nitrogen and oxygen atoms in total. The fourth-order valence-electron chi connectivity index (χ4n) is 3.96. The number of aromatic nitrogens is 6. The van der Waals surface area contributed by atoms with Crippen molar-refractivity contribution in [1.82, 2.24) is 34.8 Å². The van der Waals surface area contributed by atoms with Gasteiger partial charge in [-0.2, -0.15) is 0 Å². The van der Waals surface area contributed by atoms with Crippen molar-refractivity contribution < 1.29 is 19.7 Å². The van der Waals surface area contributed by atoms with Crippen LogP contribution in [0.15, 0.2) is 49.2 Å². The van der Waals surface area contributed by atoms with E-state index in [4.69, 9.17) is 4.74 Å². The van der Waals surface area contributed by atoms with Crippen LogP contribution in [0.5, 0.6) is 0 Å². The highest BCUT2D eigenvalue weighted by atomic mass is 16.6.